The molecule has 196 valence electrons. The number of rotatable bonds is 20. The molecule has 0 saturated heterocycles. The highest BCUT2D eigenvalue weighted by atomic mass is 19.2. The number of hydrogen-bond acceptors (Lipinski definition) is 3. The number of hydrogen-bond donors (Lipinski definition) is 0. The van der Waals surface area contributed by atoms with Gasteiger partial charge in [-0.15, -0.1) is 0 Å². The molecule has 0 aliphatic heterocycles. The molecule has 1 aromatic carbocycles. The smallest absolute Gasteiger partial charge is 0.245 e. The zero-order valence-electron chi connectivity index (χ0n) is 22.7. The van der Waals surface area contributed by atoms with E-state index < -0.39 is 5.85 Å². The van der Waals surface area contributed by atoms with Crippen LogP contribution in [0.15, 0.2) is 36.7 Å². The lowest BCUT2D eigenvalue weighted by atomic mass is 10.1. The highest BCUT2D eigenvalue weighted by molar-refractivity contribution is 5.55. The monoisotopic (exact) mass is 484 g/mol. The summed E-state index contributed by atoms with van der Waals surface area (Å²) in [7, 11) is 0. The van der Waals surface area contributed by atoms with E-state index in [1.807, 2.05) is 36.7 Å². The van der Waals surface area contributed by atoms with Gasteiger partial charge in [0.25, 0.3) is 0 Å². The summed E-state index contributed by atoms with van der Waals surface area (Å²) in [6, 6.07) is 7.44. The maximum absolute atomic E-state index is 14.8. The third-order valence-electron chi connectivity index (χ3n) is 6.69. The second-order valence-electron chi connectivity index (χ2n) is 10.2. The van der Waals surface area contributed by atoms with Crippen LogP contribution in [-0.4, -0.2) is 15.8 Å². The van der Waals surface area contributed by atoms with E-state index >= 15 is 0 Å². The minimum absolute atomic E-state index is 0.421. The van der Waals surface area contributed by atoms with Crippen molar-refractivity contribution in [3.8, 4) is 17.1 Å². The van der Waals surface area contributed by atoms with Gasteiger partial charge < -0.3 is 4.74 Å². The molecule has 0 amide bonds. The zero-order valence-corrected chi connectivity index (χ0v) is 22.7. The van der Waals surface area contributed by atoms with E-state index in [9.17, 15) is 4.39 Å². The van der Waals surface area contributed by atoms with Crippen LogP contribution in [0.5, 0.6) is 5.75 Å². The van der Waals surface area contributed by atoms with Crippen LogP contribution in [0.3, 0.4) is 0 Å². The van der Waals surface area contributed by atoms with Crippen molar-refractivity contribution >= 4 is 0 Å². The van der Waals surface area contributed by atoms with Crippen LogP contribution in [0.2, 0.25) is 0 Å². The number of unbranched alkanes of at least 4 members (excludes halogenated alkanes) is 13. The quantitative estimate of drug-likeness (QED) is 0.175. The molecule has 0 radical (unpaired) electrons. The van der Waals surface area contributed by atoms with Gasteiger partial charge >= 0.3 is 0 Å². The average molecular weight is 485 g/mol. The molecule has 1 atom stereocenters. The summed E-state index contributed by atoms with van der Waals surface area (Å²) in [6.07, 6.45) is 24.2. The Hall–Kier alpha value is -1.97. The average Bonchev–Trinajstić information content (AvgIpc) is 2.86. The van der Waals surface area contributed by atoms with Crippen LogP contribution in [0, 0.1) is 0 Å². The van der Waals surface area contributed by atoms with Crippen LogP contribution in [-0.2, 0) is 6.42 Å². The molecule has 2 aromatic rings. The van der Waals surface area contributed by atoms with Gasteiger partial charge in [-0.2, -0.15) is 4.39 Å². The molecule has 2 rings (SSSR count). The van der Waals surface area contributed by atoms with Gasteiger partial charge in [-0.05, 0) is 49.1 Å². The number of aromatic nitrogens is 2. The fourth-order valence-electron chi connectivity index (χ4n) is 4.46. The summed E-state index contributed by atoms with van der Waals surface area (Å²) >= 11 is 0. The molecule has 0 bridgehead atoms. The Kier molecular flexibility index (Phi) is 14.6. The van der Waals surface area contributed by atoms with E-state index in [4.69, 9.17) is 4.74 Å². The van der Waals surface area contributed by atoms with Crippen LogP contribution in [0.4, 0.5) is 4.39 Å². The van der Waals surface area contributed by atoms with Gasteiger partial charge in [0, 0.05) is 31.3 Å². The van der Waals surface area contributed by atoms with E-state index in [1.54, 1.807) is 0 Å². The maximum atomic E-state index is 14.8. The molecule has 1 heterocycles. The van der Waals surface area contributed by atoms with Gasteiger partial charge in [0.1, 0.15) is 5.75 Å². The Morgan fingerprint density at radius 1 is 0.686 bits per heavy atom. The predicted molar refractivity (Wildman–Crippen MR) is 147 cm³/mol. The SMILES string of the molecule is CCCCCCCCCCCc1cnc(-c2ccc(OC(C)(F)CCCCCCCC)cc2)nc1. The fraction of sp³-hybridized carbons (Fsp3) is 0.677. The lowest BCUT2D eigenvalue weighted by molar-refractivity contribution is -0.0530. The fourth-order valence-corrected chi connectivity index (χ4v) is 4.46. The number of halogens is 1. The second-order valence-corrected chi connectivity index (χ2v) is 10.2. The molecule has 0 aliphatic rings. The third-order valence-corrected chi connectivity index (χ3v) is 6.69. The molecule has 0 aliphatic carbocycles. The summed E-state index contributed by atoms with van der Waals surface area (Å²) in [5, 5.41) is 0. The number of benzene rings is 1. The summed E-state index contributed by atoms with van der Waals surface area (Å²) in [5.74, 6) is -0.395. The summed E-state index contributed by atoms with van der Waals surface area (Å²) in [5.41, 5.74) is 2.11. The molecule has 0 spiro atoms. The Morgan fingerprint density at radius 3 is 1.71 bits per heavy atom. The van der Waals surface area contributed by atoms with E-state index in [0.29, 0.717) is 18.0 Å². The Morgan fingerprint density at radius 2 is 1.17 bits per heavy atom. The first-order valence-electron chi connectivity index (χ1n) is 14.3. The number of nitrogens with zero attached hydrogens (tertiary/aromatic N) is 2. The molecular formula is C31H49FN2O. The molecule has 1 unspecified atom stereocenters. The molecule has 35 heavy (non-hydrogen) atoms. The van der Waals surface area contributed by atoms with Crippen molar-refractivity contribution < 1.29 is 9.13 Å². The Bertz CT molecular complexity index is 774. The van der Waals surface area contributed by atoms with Gasteiger partial charge in [-0.1, -0.05) is 97.3 Å². The topological polar surface area (TPSA) is 35.0 Å². The second kappa shape index (κ2) is 17.5. The van der Waals surface area contributed by atoms with Gasteiger partial charge in [-0.3, -0.25) is 0 Å². The van der Waals surface area contributed by atoms with Crippen molar-refractivity contribution in [3.05, 3.63) is 42.2 Å². The maximum Gasteiger partial charge on any atom is 0.245 e. The van der Waals surface area contributed by atoms with Crippen LogP contribution >= 0.6 is 0 Å². The van der Waals surface area contributed by atoms with E-state index in [1.165, 1.54) is 96.0 Å². The van der Waals surface area contributed by atoms with Gasteiger partial charge in [0.05, 0.1) is 0 Å². The largest absolute Gasteiger partial charge is 0.458 e. The molecule has 0 N–H and O–H groups in total. The van der Waals surface area contributed by atoms with Crippen molar-refractivity contribution in [3.63, 3.8) is 0 Å². The van der Waals surface area contributed by atoms with Crippen molar-refractivity contribution in [2.75, 3.05) is 0 Å². The first-order valence-corrected chi connectivity index (χ1v) is 14.3. The summed E-state index contributed by atoms with van der Waals surface area (Å²) in [4.78, 5) is 9.11. The minimum Gasteiger partial charge on any atom is -0.458 e. The van der Waals surface area contributed by atoms with Gasteiger partial charge in [-0.25, -0.2) is 9.97 Å². The highest BCUT2D eigenvalue weighted by Crippen LogP contribution is 2.27. The molecule has 0 saturated carbocycles. The van der Waals surface area contributed by atoms with Crippen molar-refractivity contribution in [2.24, 2.45) is 0 Å². The van der Waals surface area contributed by atoms with Crippen molar-refractivity contribution in [1.82, 2.24) is 9.97 Å². The molecule has 1 aromatic heterocycles. The predicted octanol–water partition coefficient (Wildman–Crippen LogP) is 10.0. The number of aryl methyl sites for hydroxylation is 1. The van der Waals surface area contributed by atoms with E-state index in [-0.39, 0.29) is 0 Å². The lowest BCUT2D eigenvalue weighted by Crippen LogP contribution is -2.26. The lowest BCUT2D eigenvalue weighted by Gasteiger charge is -2.22. The molecule has 3 nitrogen and oxygen atoms in total. The summed E-state index contributed by atoms with van der Waals surface area (Å²) in [6.45, 7) is 6.00. The van der Waals surface area contributed by atoms with E-state index in [0.717, 1.165) is 24.8 Å². The van der Waals surface area contributed by atoms with Gasteiger partial charge in [0.15, 0.2) is 5.82 Å². The molecular weight excluding hydrogens is 435 g/mol. The van der Waals surface area contributed by atoms with Gasteiger partial charge in [0.2, 0.25) is 5.85 Å². The normalized spacial score (nSPS) is 13.0. The minimum atomic E-state index is -1.64. The Balaban J connectivity index is 1.68. The van der Waals surface area contributed by atoms with Crippen molar-refractivity contribution in [1.29, 1.82) is 0 Å². The Labute approximate surface area is 214 Å². The molecule has 4 heteroatoms. The van der Waals surface area contributed by atoms with Crippen molar-refractivity contribution in [2.45, 2.75) is 136 Å². The standard InChI is InChI=1S/C31H49FN2O/c1-4-6-8-10-12-13-14-15-17-19-27-25-33-30(34-26-27)28-20-22-29(23-21-28)35-31(3,32)24-18-16-11-9-7-5-2/h20-23,25-26H,4-19,24H2,1-3H3. The highest BCUT2D eigenvalue weighted by Gasteiger charge is 2.24. The summed E-state index contributed by atoms with van der Waals surface area (Å²) < 4.78 is 20.4. The third kappa shape index (κ3) is 13.1. The molecule has 0 fully saturated rings. The zero-order chi connectivity index (χ0) is 25.2. The van der Waals surface area contributed by atoms with Crippen LogP contribution in [0.25, 0.3) is 11.4 Å². The number of ether oxygens (including phenoxy) is 1. The first kappa shape index (κ1) is 29.3. The number of alkyl halides is 1. The first-order chi connectivity index (χ1) is 17.0. The van der Waals surface area contributed by atoms with Crippen LogP contribution in [0.1, 0.15) is 129 Å². The van der Waals surface area contributed by atoms with Crippen LogP contribution < -0.4 is 4.74 Å². The van der Waals surface area contributed by atoms with E-state index in [2.05, 4.69) is 23.8 Å².